The maximum atomic E-state index is 14.1. The van der Waals surface area contributed by atoms with E-state index in [2.05, 4.69) is 50.0 Å². The smallest absolute Gasteiger partial charge is 0.258 e. The van der Waals surface area contributed by atoms with E-state index < -0.39 is 0 Å². The number of hydrogen-bond acceptors (Lipinski definition) is 8. The monoisotopic (exact) mass is 558 g/mol. The summed E-state index contributed by atoms with van der Waals surface area (Å²) in [5.41, 5.74) is 5.29. The molecule has 40 heavy (non-hydrogen) atoms. The van der Waals surface area contributed by atoms with Gasteiger partial charge in [-0.05, 0) is 67.5 Å². The van der Waals surface area contributed by atoms with Crippen molar-refractivity contribution in [3.63, 3.8) is 0 Å². The number of nitrogens with zero attached hydrogens (tertiary/aromatic N) is 5. The summed E-state index contributed by atoms with van der Waals surface area (Å²) in [6.07, 6.45) is 4.14. The van der Waals surface area contributed by atoms with Gasteiger partial charge >= 0.3 is 0 Å². The Labute approximate surface area is 239 Å². The molecule has 4 aromatic rings. The predicted octanol–water partition coefficient (Wildman–Crippen LogP) is 6.06. The third kappa shape index (κ3) is 5.97. The van der Waals surface area contributed by atoms with Gasteiger partial charge in [0.1, 0.15) is 13.3 Å². The van der Waals surface area contributed by atoms with Gasteiger partial charge in [0.25, 0.3) is 5.91 Å². The molecule has 9 nitrogen and oxygen atoms in total. The SMILES string of the molecule is COCN1Sc2cccc(c2)C(=O)N(c2cn[nH]c2)[C@H](CC(C)C)COc2cc(-c3c(C)cccc3C)nc1n2. The summed E-state index contributed by atoms with van der Waals surface area (Å²) in [5.74, 6) is 1.09. The second kappa shape index (κ2) is 12.1. The second-order valence-corrected chi connectivity index (χ2v) is 11.4. The van der Waals surface area contributed by atoms with E-state index in [9.17, 15) is 4.79 Å². The average molecular weight is 559 g/mol. The van der Waals surface area contributed by atoms with Crippen LogP contribution in [0, 0.1) is 19.8 Å². The van der Waals surface area contributed by atoms with Crippen LogP contribution in [0.25, 0.3) is 11.3 Å². The van der Waals surface area contributed by atoms with Crippen molar-refractivity contribution in [2.75, 3.05) is 29.7 Å². The number of rotatable bonds is 6. The van der Waals surface area contributed by atoms with E-state index in [-0.39, 0.29) is 25.3 Å². The first-order valence-electron chi connectivity index (χ1n) is 13.3. The normalized spacial score (nSPS) is 15.8. The molecule has 1 N–H and O–H groups in total. The number of fused-ring (bicyclic) bond motifs is 4. The molecule has 0 radical (unpaired) electrons. The zero-order valence-corrected chi connectivity index (χ0v) is 24.2. The Hall–Kier alpha value is -3.89. The number of anilines is 2. The maximum Gasteiger partial charge on any atom is 0.258 e. The van der Waals surface area contributed by atoms with Crippen molar-refractivity contribution < 1.29 is 14.3 Å². The third-order valence-electron chi connectivity index (χ3n) is 6.71. The molecule has 0 unspecified atom stereocenters. The van der Waals surface area contributed by atoms with Crippen LogP contribution in [0.15, 0.2) is 65.8 Å². The molecule has 1 aliphatic heterocycles. The highest BCUT2D eigenvalue weighted by Crippen LogP contribution is 2.34. The third-order valence-corrected chi connectivity index (χ3v) is 7.66. The number of hydrogen-bond donors (Lipinski definition) is 1. The molecule has 0 spiro atoms. The highest BCUT2D eigenvalue weighted by Gasteiger charge is 2.30. The van der Waals surface area contributed by atoms with E-state index >= 15 is 0 Å². The van der Waals surface area contributed by atoms with Crippen LogP contribution in [0.2, 0.25) is 0 Å². The Balaban J connectivity index is 1.68. The average Bonchev–Trinajstić information content (AvgIpc) is 3.45. The molecule has 3 heterocycles. The van der Waals surface area contributed by atoms with Crippen molar-refractivity contribution in [3.8, 4) is 17.1 Å². The second-order valence-electron chi connectivity index (χ2n) is 10.3. The lowest BCUT2D eigenvalue weighted by Crippen LogP contribution is -2.44. The van der Waals surface area contributed by atoms with Gasteiger partial charge in [-0.1, -0.05) is 38.1 Å². The quantitative estimate of drug-likeness (QED) is 0.286. The molecule has 10 heteroatoms. The van der Waals surface area contributed by atoms with Gasteiger partial charge in [-0.3, -0.25) is 19.1 Å². The fourth-order valence-electron chi connectivity index (χ4n) is 4.98. The molecule has 2 aromatic carbocycles. The summed E-state index contributed by atoms with van der Waals surface area (Å²) in [4.78, 5) is 26.5. The van der Waals surface area contributed by atoms with E-state index in [1.807, 2.05) is 40.7 Å². The van der Waals surface area contributed by atoms with Crippen molar-refractivity contribution in [2.45, 2.75) is 45.1 Å². The van der Waals surface area contributed by atoms with Gasteiger partial charge in [-0.25, -0.2) is 4.98 Å². The molecule has 1 atom stereocenters. The van der Waals surface area contributed by atoms with Crippen LogP contribution in [0.5, 0.6) is 5.88 Å². The van der Waals surface area contributed by atoms with Crippen molar-refractivity contribution in [1.82, 2.24) is 20.2 Å². The summed E-state index contributed by atoms with van der Waals surface area (Å²) in [5, 5.41) is 6.98. The molecular weight excluding hydrogens is 524 g/mol. The first kappa shape index (κ1) is 27.7. The summed E-state index contributed by atoms with van der Waals surface area (Å²) in [7, 11) is 1.63. The first-order valence-corrected chi connectivity index (χ1v) is 14.1. The number of aromatic amines is 1. The summed E-state index contributed by atoms with van der Waals surface area (Å²) in [6, 6.07) is 15.4. The highest BCUT2D eigenvalue weighted by atomic mass is 32.2. The van der Waals surface area contributed by atoms with E-state index in [1.54, 1.807) is 24.4 Å². The van der Waals surface area contributed by atoms with Gasteiger partial charge in [0.15, 0.2) is 0 Å². The van der Waals surface area contributed by atoms with Crippen LogP contribution >= 0.6 is 11.9 Å². The minimum atomic E-state index is -0.265. The fourth-order valence-corrected chi connectivity index (χ4v) is 5.88. The zero-order valence-electron chi connectivity index (χ0n) is 23.4. The van der Waals surface area contributed by atoms with E-state index in [0.29, 0.717) is 29.0 Å². The molecule has 4 bridgehead atoms. The Morgan fingerprint density at radius 2 is 1.90 bits per heavy atom. The number of aromatic nitrogens is 4. The van der Waals surface area contributed by atoms with E-state index in [0.717, 1.165) is 33.7 Å². The number of carbonyl (C=O) groups excluding carboxylic acids is 1. The van der Waals surface area contributed by atoms with Gasteiger partial charge < -0.3 is 9.47 Å². The van der Waals surface area contributed by atoms with Crippen molar-refractivity contribution in [3.05, 3.63) is 77.6 Å². The number of H-pyrrole nitrogens is 1. The Morgan fingerprint density at radius 1 is 1.12 bits per heavy atom. The minimum Gasteiger partial charge on any atom is -0.475 e. The number of benzene rings is 2. The van der Waals surface area contributed by atoms with Crippen LogP contribution in [-0.2, 0) is 4.74 Å². The van der Waals surface area contributed by atoms with Gasteiger partial charge in [0, 0.05) is 35.4 Å². The Bertz CT molecular complexity index is 1460. The number of amides is 1. The number of ether oxygens (including phenoxy) is 2. The number of methoxy groups -OCH3 is 1. The van der Waals surface area contributed by atoms with Crippen molar-refractivity contribution >= 4 is 29.5 Å². The molecule has 0 saturated heterocycles. The van der Waals surface area contributed by atoms with Gasteiger partial charge in [0.2, 0.25) is 11.8 Å². The maximum absolute atomic E-state index is 14.1. The van der Waals surface area contributed by atoms with Crippen LogP contribution in [-0.4, -0.2) is 52.6 Å². The Morgan fingerprint density at radius 3 is 2.60 bits per heavy atom. The number of aryl methyl sites for hydroxylation is 2. The highest BCUT2D eigenvalue weighted by molar-refractivity contribution is 8.00. The van der Waals surface area contributed by atoms with Crippen LogP contribution in [0.3, 0.4) is 0 Å². The van der Waals surface area contributed by atoms with Crippen LogP contribution < -0.4 is 13.9 Å². The largest absolute Gasteiger partial charge is 0.475 e. The van der Waals surface area contributed by atoms with Gasteiger partial charge in [-0.15, -0.1) is 0 Å². The predicted molar refractivity (Wildman–Crippen MR) is 158 cm³/mol. The molecular formula is C30H34N6O3S. The fraction of sp³-hybridized carbons (Fsp3) is 0.333. The minimum absolute atomic E-state index is 0.121. The number of nitrogens with one attached hydrogen (secondary N) is 1. The molecule has 1 amide bonds. The van der Waals surface area contributed by atoms with E-state index in [1.165, 1.54) is 11.9 Å². The summed E-state index contributed by atoms with van der Waals surface area (Å²) in [6.45, 7) is 8.91. The lowest BCUT2D eigenvalue weighted by molar-refractivity contribution is 0.0961. The Kier molecular flexibility index (Phi) is 8.37. The lowest BCUT2D eigenvalue weighted by atomic mass is 10.00. The summed E-state index contributed by atoms with van der Waals surface area (Å²) < 4.78 is 13.8. The van der Waals surface area contributed by atoms with Crippen molar-refractivity contribution in [1.29, 1.82) is 0 Å². The molecule has 208 valence electrons. The van der Waals surface area contributed by atoms with Crippen LogP contribution in [0.1, 0.15) is 41.8 Å². The molecule has 0 saturated carbocycles. The molecule has 2 aromatic heterocycles. The van der Waals surface area contributed by atoms with Gasteiger partial charge in [-0.2, -0.15) is 10.1 Å². The zero-order chi connectivity index (χ0) is 28.2. The standard InChI is InChI=1S/C30H34N6O3S/c1-19(2)12-23-17-39-27-14-26(28-20(3)8-6-9-21(28)4)33-30(34-27)35(18-38-5)40-25-11-7-10-22(13-25)29(37)36(23)24-15-31-32-16-24/h6-11,13-16,19,23H,12,17-18H2,1-5H3,(H,31,32)/t23-/m1/s1. The molecule has 0 aliphatic carbocycles. The lowest BCUT2D eigenvalue weighted by Gasteiger charge is -2.32. The van der Waals surface area contributed by atoms with Gasteiger partial charge in [0.05, 0.1) is 23.6 Å². The number of carbonyl (C=O) groups is 1. The first-order chi connectivity index (χ1) is 19.3. The topological polar surface area (TPSA) is 96.5 Å². The molecule has 1 aliphatic rings. The summed E-state index contributed by atoms with van der Waals surface area (Å²) >= 11 is 1.41. The molecule has 5 rings (SSSR count). The molecule has 0 fully saturated rings. The van der Waals surface area contributed by atoms with E-state index in [4.69, 9.17) is 19.4 Å². The van der Waals surface area contributed by atoms with Crippen molar-refractivity contribution in [2.24, 2.45) is 5.92 Å². The van der Waals surface area contributed by atoms with Crippen LogP contribution in [0.4, 0.5) is 11.6 Å².